The Morgan fingerprint density at radius 2 is 2.06 bits per heavy atom. The summed E-state index contributed by atoms with van der Waals surface area (Å²) in [5.74, 6) is 0.920. The van der Waals surface area contributed by atoms with Crippen molar-refractivity contribution in [3.8, 4) is 11.3 Å². The highest BCUT2D eigenvalue weighted by atomic mass is 79.9. The fourth-order valence-corrected chi connectivity index (χ4v) is 2.25. The van der Waals surface area contributed by atoms with E-state index >= 15 is 0 Å². The normalized spacial score (nSPS) is 14.8. The van der Waals surface area contributed by atoms with Gasteiger partial charge in [0, 0.05) is 22.1 Å². The van der Waals surface area contributed by atoms with Crippen LogP contribution in [0.25, 0.3) is 11.3 Å². The third kappa shape index (κ3) is 1.68. The Hall–Kier alpha value is -1.13. The van der Waals surface area contributed by atoms with Crippen LogP contribution in [0.3, 0.4) is 0 Å². The molecule has 0 spiro atoms. The van der Waals surface area contributed by atoms with E-state index in [1.165, 1.54) is 5.56 Å². The van der Waals surface area contributed by atoms with Gasteiger partial charge in [-0.3, -0.25) is 0 Å². The highest BCUT2D eigenvalue weighted by Gasteiger charge is 2.19. The number of rotatable bonds is 1. The lowest BCUT2D eigenvalue weighted by molar-refractivity contribution is 0.421. The smallest absolute Gasteiger partial charge is 0.170 e. The molecule has 2 aromatic rings. The van der Waals surface area contributed by atoms with Crippen molar-refractivity contribution in [2.75, 3.05) is 6.54 Å². The van der Waals surface area contributed by atoms with Crippen LogP contribution in [-0.4, -0.2) is 11.7 Å². The van der Waals surface area contributed by atoms with Gasteiger partial charge in [0.05, 0.1) is 0 Å². The molecule has 0 bridgehead atoms. The predicted octanol–water partition coefficient (Wildman–Crippen LogP) is 2.75. The number of nitrogens with zero attached hydrogens (tertiary/aromatic N) is 1. The molecule has 0 radical (unpaired) electrons. The minimum absolute atomic E-state index is 0.815. The lowest BCUT2D eigenvalue weighted by Crippen LogP contribution is -2.23. The van der Waals surface area contributed by atoms with Gasteiger partial charge in [-0.25, -0.2) is 0 Å². The van der Waals surface area contributed by atoms with E-state index < -0.39 is 0 Å². The van der Waals surface area contributed by atoms with E-state index in [1.807, 2.05) is 24.3 Å². The largest absolute Gasteiger partial charge is 0.356 e. The minimum Gasteiger partial charge on any atom is -0.356 e. The molecule has 1 aromatic carbocycles. The van der Waals surface area contributed by atoms with Gasteiger partial charge in [-0.2, -0.15) is 0 Å². The number of benzene rings is 1. The van der Waals surface area contributed by atoms with E-state index in [1.54, 1.807) is 0 Å². The second-order valence-corrected chi connectivity index (χ2v) is 4.79. The van der Waals surface area contributed by atoms with Crippen molar-refractivity contribution in [2.45, 2.75) is 13.0 Å². The second kappa shape index (κ2) is 4.03. The van der Waals surface area contributed by atoms with Crippen molar-refractivity contribution in [3.63, 3.8) is 0 Å². The standard InChI is InChI=1S/C12H11BrN2O/c13-9-3-1-8(2-4-9)12-10-5-6-14-7-11(10)15-16-12/h1-4,14H,5-7H2. The highest BCUT2D eigenvalue weighted by Crippen LogP contribution is 2.29. The zero-order valence-electron chi connectivity index (χ0n) is 8.66. The van der Waals surface area contributed by atoms with Gasteiger partial charge in [-0.15, -0.1) is 0 Å². The summed E-state index contributed by atoms with van der Waals surface area (Å²) in [7, 11) is 0. The summed E-state index contributed by atoms with van der Waals surface area (Å²) in [6.45, 7) is 1.81. The first-order valence-corrected chi connectivity index (χ1v) is 6.08. The van der Waals surface area contributed by atoms with E-state index in [9.17, 15) is 0 Å². The van der Waals surface area contributed by atoms with Crippen molar-refractivity contribution < 1.29 is 4.52 Å². The van der Waals surface area contributed by atoms with Crippen LogP contribution < -0.4 is 5.32 Å². The highest BCUT2D eigenvalue weighted by molar-refractivity contribution is 9.10. The Morgan fingerprint density at radius 1 is 1.25 bits per heavy atom. The van der Waals surface area contributed by atoms with Gasteiger partial charge < -0.3 is 9.84 Å². The number of halogens is 1. The van der Waals surface area contributed by atoms with Crippen LogP contribution in [0.15, 0.2) is 33.3 Å². The summed E-state index contributed by atoms with van der Waals surface area (Å²) < 4.78 is 6.51. The number of aromatic nitrogens is 1. The Bertz CT molecular complexity index is 504. The molecule has 0 amide bonds. The van der Waals surface area contributed by atoms with Crippen LogP contribution in [0.5, 0.6) is 0 Å². The van der Waals surface area contributed by atoms with Gasteiger partial charge in [0.1, 0.15) is 5.69 Å². The third-order valence-electron chi connectivity index (χ3n) is 2.82. The first-order valence-electron chi connectivity index (χ1n) is 5.28. The van der Waals surface area contributed by atoms with Crippen molar-refractivity contribution in [3.05, 3.63) is 40.0 Å². The molecule has 82 valence electrons. The van der Waals surface area contributed by atoms with Crippen LogP contribution in [0, 0.1) is 0 Å². The van der Waals surface area contributed by atoms with Crippen molar-refractivity contribution in [2.24, 2.45) is 0 Å². The molecule has 0 unspecified atom stereocenters. The molecule has 3 nitrogen and oxygen atoms in total. The quantitative estimate of drug-likeness (QED) is 0.872. The molecule has 3 rings (SSSR count). The van der Waals surface area contributed by atoms with E-state index in [0.717, 1.165) is 41.0 Å². The van der Waals surface area contributed by atoms with Gasteiger partial charge in [0.2, 0.25) is 0 Å². The number of nitrogens with one attached hydrogen (secondary N) is 1. The lowest BCUT2D eigenvalue weighted by atomic mass is 10.0. The molecule has 1 N–H and O–H groups in total. The topological polar surface area (TPSA) is 38.1 Å². The van der Waals surface area contributed by atoms with Crippen LogP contribution in [0.2, 0.25) is 0 Å². The number of hydrogen-bond acceptors (Lipinski definition) is 3. The van der Waals surface area contributed by atoms with E-state index in [2.05, 4.69) is 26.4 Å². The molecule has 0 atom stereocenters. The summed E-state index contributed by atoms with van der Waals surface area (Å²) >= 11 is 3.43. The van der Waals surface area contributed by atoms with Gasteiger partial charge in [-0.05, 0) is 25.1 Å². The molecular weight excluding hydrogens is 268 g/mol. The number of hydrogen-bond donors (Lipinski definition) is 1. The summed E-state index contributed by atoms with van der Waals surface area (Å²) in [6, 6.07) is 8.14. The maximum Gasteiger partial charge on any atom is 0.170 e. The van der Waals surface area contributed by atoms with E-state index in [4.69, 9.17) is 4.52 Å². The van der Waals surface area contributed by atoms with E-state index in [-0.39, 0.29) is 0 Å². The maximum atomic E-state index is 5.44. The van der Waals surface area contributed by atoms with Gasteiger partial charge in [0.25, 0.3) is 0 Å². The first kappa shape index (κ1) is 10.1. The molecule has 0 saturated carbocycles. The van der Waals surface area contributed by atoms with Gasteiger partial charge >= 0.3 is 0 Å². The molecule has 1 aliphatic rings. The average Bonchev–Trinajstić information content (AvgIpc) is 2.74. The van der Waals surface area contributed by atoms with Gasteiger partial charge in [-0.1, -0.05) is 33.2 Å². The average molecular weight is 279 g/mol. The van der Waals surface area contributed by atoms with Crippen LogP contribution in [0.1, 0.15) is 11.3 Å². The molecule has 16 heavy (non-hydrogen) atoms. The molecule has 1 aliphatic heterocycles. The SMILES string of the molecule is Brc1ccc(-c2onc3c2CCNC3)cc1. The predicted molar refractivity (Wildman–Crippen MR) is 65.0 cm³/mol. The summed E-state index contributed by atoms with van der Waals surface area (Å²) in [5.41, 5.74) is 3.39. The molecule has 1 aromatic heterocycles. The second-order valence-electron chi connectivity index (χ2n) is 3.87. The van der Waals surface area contributed by atoms with E-state index in [0.29, 0.717) is 0 Å². The first-order chi connectivity index (χ1) is 7.84. The minimum atomic E-state index is 0.815. The molecule has 0 fully saturated rings. The summed E-state index contributed by atoms with van der Waals surface area (Å²) in [4.78, 5) is 0. The lowest BCUT2D eigenvalue weighted by Gasteiger charge is -2.10. The molecule has 0 saturated heterocycles. The Kier molecular flexibility index (Phi) is 2.53. The third-order valence-corrected chi connectivity index (χ3v) is 3.35. The van der Waals surface area contributed by atoms with Crippen LogP contribution >= 0.6 is 15.9 Å². The molecule has 0 aliphatic carbocycles. The molecular formula is C12H11BrN2O. The van der Waals surface area contributed by atoms with Crippen molar-refractivity contribution >= 4 is 15.9 Å². The van der Waals surface area contributed by atoms with Crippen LogP contribution in [0.4, 0.5) is 0 Å². The fourth-order valence-electron chi connectivity index (χ4n) is 1.99. The Labute approximate surface area is 102 Å². The molecule has 4 heteroatoms. The number of fused-ring (bicyclic) bond motifs is 1. The van der Waals surface area contributed by atoms with Crippen LogP contribution in [-0.2, 0) is 13.0 Å². The van der Waals surface area contributed by atoms with Crippen molar-refractivity contribution in [1.82, 2.24) is 10.5 Å². The fraction of sp³-hybridized carbons (Fsp3) is 0.250. The summed E-state index contributed by atoms with van der Waals surface area (Å²) in [6.07, 6.45) is 0.990. The Balaban J connectivity index is 2.06. The van der Waals surface area contributed by atoms with Crippen molar-refractivity contribution in [1.29, 1.82) is 0 Å². The zero-order valence-corrected chi connectivity index (χ0v) is 10.3. The Morgan fingerprint density at radius 3 is 2.88 bits per heavy atom. The maximum absolute atomic E-state index is 5.44. The summed E-state index contributed by atoms with van der Waals surface area (Å²) in [5, 5.41) is 7.39. The molecule has 2 heterocycles. The van der Waals surface area contributed by atoms with Gasteiger partial charge in [0.15, 0.2) is 5.76 Å². The monoisotopic (exact) mass is 278 g/mol. The zero-order chi connectivity index (χ0) is 11.0.